The number of pyridine rings is 1. The Morgan fingerprint density at radius 1 is 1.28 bits per heavy atom. The number of benzene rings is 1. The fraction of sp³-hybridized carbons (Fsp3) is 0.267. The first-order valence-corrected chi connectivity index (χ1v) is 6.06. The Bertz CT molecular complexity index is 725. The van der Waals surface area contributed by atoms with E-state index in [1.807, 2.05) is 44.2 Å². The first-order chi connectivity index (χ1) is 8.59. The monoisotopic (exact) mass is 241 g/mol. The summed E-state index contributed by atoms with van der Waals surface area (Å²) < 4.78 is 7.59. The summed E-state index contributed by atoms with van der Waals surface area (Å²) in [5, 5.41) is 0.991. The van der Waals surface area contributed by atoms with Crippen molar-refractivity contribution in [2.45, 2.75) is 20.0 Å². The van der Waals surface area contributed by atoms with E-state index in [4.69, 9.17) is 4.74 Å². The molecule has 0 bridgehead atoms. The second-order valence-corrected chi connectivity index (χ2v) is 4.77. The first kappa shape index (κ1) is 11.1. The summed E-state index contributed by atoms with van der Waals surface area (Å²) in [6, 6.07) is 7.83. The molecule has 0 N–H and O–H groups in total. The second-order valence-electron chi connectivity index (χ2n) is 4.77. The van der Waals surface area contributed by atoms with Crippen molar-refractivity contribution < 1.29 is 4.74 Å². The van der Waals surface area contributed by atoms with E-state index in [0.29, 0.717) is 11.3 Å². The maximum atomic E-state index is 12.3. The van der Waals surface area contributed by atoms with Gasteiger partial charge in [-0.15, -0.1) is 0 Å². The molecule has 1 aliphatic heterocycles. The van der Waals surface area contributed by atoms with Gasteiger partial charge in [0.25, 0.3) is 5.56 Å². The highest BCUT2D eigenvalue weighted by Crippen LogP contribution is 2.33. The quantitative estimate of drug-likeness (QED) is 0.710. The van der Waals surface area contributed by atoms with Gasteiger partial charge in [-0.1, -0.05) is 12.1 Å². The van der Waals surface area contributed by atoms with Gasteiger partial charge in [-0.05, 0) is 37.6 Å². The van der Waals surface area contributed by atoms with Gasteiger partial charge in [0, 0.05) is 12.4 Å². The molecule has 2 heterocycles. The van der Waals surface area contributed by atoms with Crippen molar-refractivity contribution in [2.75, 3.05) is 0 Å². The van der Waals surface area contributed by atoms with E-state index in [2.05, 4.69) is 0 Å². The molecule has 1 aliphatic rings. The van der Waals surface area contributed by atoms with Crippen LogP contribution in [-0.2, 0) is 7.05 Å². The summed E-state index contributed by atoms with van der Waals surface area (Å²) >= 11 is 0. The Hall–Kier alpha value is -2.03. The highest BCUT2D eigenvalue weighted by Gasteiger charge is 2.22. The minimum Gasteiger partial charge on any atom is -0.485 e. The average molecular weight is 241 g/mol. The normalized spacial score (nSPS) is 18.2. The topological polar surface area (TPSA) is 31.2 Å². The van der Waals surface area contributed by atoms with Crippen LogP contribution in [0, 0.1) is 0 Å². The Balaban J connectivity index is 2.49. The third-order valence-electron chi connectivity index (χ3n) is 3.60. The number of hydrogen-bond donors (Lipinski definition) is 0. The number of nitrogens with zero attached hydrogens (tertiary/aromatic N) is 1. The molecule has 1 atom stereocenters. The molecule has 3 nitrogen and oxygen atoms in total. The summed E-state index contributed by atoms with van der Waals surface area (Å²) in [5.41, 5.74) is 2.64. The predicted molar refractivity (Wildman–Crippen MR) is 72.9 cm³/mol. The molecule has 0 fully saturated rings. The van der Waals surface area contributed by atoms with Gasteiger partial charge in [-0.3, -0.25) is 4.79 Å². The molecule has 92 valence electrons. The summed E-state index contributed by atoms with van der Waals surface area (Å²) in [6.45, 7) is 3.99. The van der Waals surface area contributed by atoms with Gasteiger partial charge >= 0.3 is 0 Å². The predicted octanol–water partition coefficient (Wildman–Crippen LogP) is 2.72. The summed E-state index contributed by atoms with van der Waals surface area (Å²) in [4.78, 5) is 12.3. The standard InChI is InChI=1S/C15H15NO2/c1-9-8-12-14(18-10(9)2)11-6-4-5-7-13(11)16(3)15(12)17/h4-8,10H,1-3H3. The zero-order valence-corrected chi connectivity index (χ0v) is 10.7. The van der Waals surface area contributed by atoms with Crippen molar-refractivity contribution in [3.63, 3.8) is 0 Å². The zero-order chi connectivity index (χ0) is 12.9. The minimum absolute atomic E-state index is 0.00468. The lowest BCUT2D eigenvalue weighted by Gasteiger charge is -2.24. The molecule has 3 heteroatoms. The van der Waals surface area contributed by atoms with Gasteiger partial charge in [0.2, 0.25) is 0 Å². The van der Waals surface area contributed by atoms with Crippen LogP contribution in [0.2, 0.25) is 0 Å². The van der Waals surface area contributed by atoms with Crippen LogP contribution < -0.4 is 10.3 Å². The Morgan fingerprint density at radius 2 is 2.00 bits per heavy atom. The molecule has 0 aliphatic carbocycles. The lowest BCUT2D eigenvalue weighted by atomic mass is 10.0. The largest absolute Gasteiger partial charge is 0.485 e. The maximum Gasteiger partial charge on any atom is 0.261 e. The van der Waals surface area contributed by atoms with Gasteiger partial charge < -0.3 is 9.30 Å². The molecular formula is C15H15NO2. The Kier molecular flexibility index (Phi) is 2.30. The Morgan fingerprint density at radius 3 is 2.78 bits per heavy atom. The second kappa shape index (κ2) is 3.73. The van der Waals surface area contributed by atoms with Crippen LogP contribution in [0.4, 0.5) is 0 Å². The molecule has 18 heavy (non-hydrogen) atoms. The zero-order valence-electron chi connectivity index (χ0n) is 10.7. The molecule has 3 rings (SSSR count). The van der Waals surface area contributed by atoms with Crippen LogP contribution in [0.25, 0.3) is 17.0 Å². The number of ether oxygens (including phenoxy) is 1. The van der Waals surface area contributed by atoms with Gasteiger partial charge in [0.15, 0.2) is 0 Å². The highest BCUT2D eigenvalue weighted by atomic mass is 16.5. The van der Waals surface area contributed by atoms with Crippen molar-refractivity contribution in [3.8, 4) is 5.75 Å². The lowest BCUT2D eigenvalue weighted by Crippen LogP contribution is -2.26. The molecular weight excluding hydrogens is 226 g/mol. The smallest absolute Gasteiger partial charge is 0.261 e. The van der Waals surface area contributed by atoms with Gasteiger partial charge in [0.05, 0.1) is 11.1 Å². The van der Waals surface area contributed by atoms with Crippen molar-refractivity contribution in [2.24, 2.45) is 7.05 Å². The highest BCUT2D eigenvalue weighted by molar-refractivity contribution is 5.89. The van der Waals surface area contributed by atoms with Crippen LogP contribution in [0.15, 0.2) is 34.6 Å². The fourth-order valence-corrected chi connectivity index (χ4v) is 2.36. The summed E-state index contributed by atoms with van der Waals surface area (Å²) in [6.07, 6.45) is 1.96. The SMILES string of the molecule is CC1=Cc2c(c3ccccc3n(C)c2=O)OC1C. The molecule has 0 saturated heterocycles. The average Bonchev–Trinajstić information content (AvgIpc) is 2.38. The molecule has 0 saturated carbocycles. The number of para-hydroxylation sites is 1. The van der Waals surface area contributed by atoms with Gasteiger partial charge in [0.1, 0.15) is 11.9 Å². The van der Waals surface area contributed by atoms with Crippen LogP contribution >= 0.6 is 0 Å². The van der Waals surface area contributed by atoms with Crippen molar-refractivity contribution in [1.29, 1.82) is 0 Å². The minimum atomic E-state index is -0.00468. The third-order valence-corrected chi connectivity index (χ3v) is 3.60. The van der Waals surface area contributed by atoms with E-state index in [0.717, 1.165) is 16.5 Å². The number of aromatic nitrogens is 1. The van der Waals surface area contributed by atoms with E-state index < -0.39 is 0 Å². The van der Waals surface area contributed by atoms with Crippen LogP contribution in [0.5, 0.6) is 5.75 Å². The first-order valence-electron chi connectivity index (χ1n) is 6.06. The summed E-state index contributed by atoms with van der Waals surface area (Å²) in [7, 11) is 1.80. The number of aryl methyl sites for hydroxylation is 1. The third kappa shape index (κ3) is 1.40. The molecule has 0 amide bonds. The van der Waals surface area contributed by atoms with E-state index in [1.165, 1.54) is 0 Å². The molecule has 1 aromatic heterocycles. The van der Waals surface area contributed by atoms with Crippen LogP contribution in [0.1, 0.15) is 19.4 Å². The van der Waals surface area contributed by atoms with Crippen molar-refractivity contribution in [1.82, 2.24) is 4.57 Å². The molecule has 1 unspecified atom stereocenters. The number of fused-ring (bicyclic) bond motifs is 3. The van der Waals surface area contributed by atoms with Crippen LogP contribution in [0.3, 0.4) is 0 Å². The summed E-state index contributed by atoms with van der Waals surface area (Å²) in [5.74, 6) is 0.715. The molecule has 2 aromatic rings. The van der Waals surface area contributed by atoms with E-state index in [-0.39, 0.29) is 11.7 Å². The van der Waals surface area contributed by atoms with Gasteiger partial charge in [-0.25, -0.2) is 0 Å². The molecule has 1 aromatic carbocycles. The fourth-order valence-electron chi connectivity index (χ4n) is 2.36. The van der Waals surface area contributed by atoms with Crippen molar-refractivity contribution in [3.05, 3.63) is 45.8 Å². The number of rotatable bonds is 0. The van der Waals surface area contributed by atoms with Gasteiger partial charge in [-0.2, -0.15) is 0 Å². The van der Waals surface area contributed by atoms with E-state index in [9.17, 15) is 4.79 Å². The maximum absolute atomic E-state index is 12.3. The Labute approximate surface area is 105 Å². The molecule has 0 radical (unpaired) electrons. The van der Waals surface area contributed by atoms with Crippen LogP contribution in [-0.4, -0.2) is 10.7 Å². The van der Waals surface area contributed by atoms with Crippen molar-refractivity contribution >= 4 is 17.0 Å². The number of hydrogen-bond acceptors (Lipinski definition) is 2. The van der Waals surface area contributed by atoms with E-state index in [1.54, 1.807) is 11.6 Å². The van der Waals surface area contributed by atoms with E-state index >= 15 is 0 Å². The molecule has 0 spiro atoms. The lowest BCUT2D eigenvalue weighted by molar-refractivity contribution is 0.256.